The van der Waals surface area contributed by atoms with Gasteiger partial charge in [-0.05, 0) is 54.2 Å². The highest BCUT2D eigenvalue weighted by Gasteiger charge is 2.30. The number of benzene rings is 4. The Morgan fingerprint density at radius 3 is 2.03 bits per heavy atom. The predicted molar refractivity (Wildman–Crippen MR) is 151 cm³/mol. The Bertz CT molecular complexity index is 1940. The van der Waals surface area contributed by atoms with Crippen LogP contribution in [0.3, 0.4) is 0 Å². The van der Waals surface area contributed by atoms with E-state index >= 15 is 0 Å². The fourth-order valence-corrected chi connectivity index (χ4v) is 6.45. The van der Waals surface area contributed by atoms with Crippen molar-refractivity contribution >= 4 is 43.9 Å². The van der Waals surface area contributed by atoms with E-state index in [1.165, 1.54) is 47.6 Å². The summed E-state index contributed by atoms with van der Waals surface area (Å²) in [4.78, 5) is 4.74. The molecule has 8 rings (SSSR count). The minimum atomic E-state index is 0.462. The molecule has 0 radical (unpaired) electrons. The normalized spacial score (nSPS) is 14.5. The Kier molecular flexibility index (Phi) is 4.54. The maximum Gasteiger partial charge on any atom is 0.147 e. The van der Waals surface area contributed by atoms with Gasteiger partial charge in [-0.2, -0.15) is 0 Å². The van der Waals surface area contributed by atoms with Crippen LogP contribution in [-0.4, -0.2) is 4.98 Å². The lowest BCUT2D eigenvalue weighted by Gasteiger charge is -2.18. The van der Waals surface area contributed by atoms with E-state index in [0.717, 1.165) is 49.9 Å². The molecule has 0 amide bonds. The minimum Gasteiger partial charge on any atom is -0.455 e. The van der Waals surface area contributed by atoms with Crippen LogP contribution in [0.25, 0.3) is 66.3 Å². The Balaban J connectivity index is 1.57. The number of aromatic nitrogens is 1. The second-order valence-electron chi connectivity index (χ2n) is 10.2. The molecule has 1 aliphatic carbocycles. The second kappa shape index (κ2) is 8.07. The lowest BCUT2D eigenvalue weighted by molar-refractivity contribution is 0.659. The van der Waals surface area contributed by atoms with E-state index in [0.29, 0.717) is 5.92 Å². The molecule has 3 heterocycles. The largest absolute Gasteiger partial charge is 0.455 e. The molecule has 7 aromatic rings. The molecule has 178 valence electrons. The van der Waals surface area contributed by atoms with E-state index in [2.05, 4.69) is 78.9 Å². The van der Waals surface area contributed by atoms with E-state index in [-0.39, 0.29) is 0 Å². The van der Waals surface area contributed by atoms with Crippen LogP contribution < -0.4 is 0 Å². The predicted octanol–water partition coefficient (Wildman–Crippen LogP) is 9.87. The Morgan fingerprint density at radius 1 is 0.622 bits per heavy atom. The molecule has 0 aliphatic heterocycles. The summed E-state index contributed by atoms with van der Waals surface area (Å²) in [5, 5.41) is 4.59. The Labute approximate surface area is 214 Å². The van der Waals surface area contributed by atoms with Crippen LogP contribution >= 0.6 is 0 Å². The van der Waals surface area contributed by atoms with Gasteiger partial charge in [0, 0.05) is 33.5 Å². The molecular formula is C34H25NO2. The first-order valence-corrected chi connectivity index (χ1v) is 13.2. The van der Waals surface area contributed by atoms with Gasteiger partial charge in [0.1, 0.15) is 22.3 Å². The summed E-state index contributed by atoms with van der Waals surface area (Å²) in [6, 6.07) is 31.6. The first-order chi connectivity index (χ1) is 18.4. The second-order valence-corrected chi connectivity index (χ2v) is 10.2. The molecule has 0 unspecified atom stereocenters. The highest BCUT2D eigenvalue weighted by atomic mass is 16.3. The third-order valence-corrected chi connectivity index (χ3v) is 8.07. The standard InChI is InChI=1S/C34H25NO2/c1-2-10-21(11-3-1)26-20-23(18-19-35-26)30-29(22-12-4-5-13-22)31-24-14-6-8-16-27(24)37-34(31)32-25-15-7-9-17-28(25)36-33(30)32/h1-3,6-11,14-20,22H,4-5,12-13H2. The molecule has 0 atom stereocenters. The van der Waals surface area contributed by atoms with Crippen LogP contribution in [0.2, 0.25) is 0 Å². The molecule has 1 aliphatic rings. The molecule has 0 bridgehead atoms. The van der Waals surface area contributed by atoms with Crippen molar-refractivity contribution in [1.29, 1.82) is 0 Å². The van der Waals surface area contributed by atoms with Gasteiger partial charge < -0.3 is 8.83 Å². The van der Waals surface area contributed by atoms with Gasteiger partial charge in [0.15, 0.2) is 0 Å². The van der Waals surface area contributed by atoms with Gasteiger partial charge in [-0.15, -0.1) is 0 Å². The summed E-state index contributed by atoms with van der Waals surface area (Å²) in [6.07, 6.45) is 6.81. The van der Waals surface area contributed by atoms with Crippen LogP contribution in [0.1, 0.15) is 37.2 Å². The highest BCUT2D eigenvalue weighted by molar-refractivity contribution is 6.26. The van der Waals surface area contributed by atoms with Crippen LogP contribution in [0.4, 0.5) is 0 Å². The van der Waals surface area contributed by atoms with E-state index in [9.17, 15) is 0 Å². The maximum atomic E-state index is 6.71. The number of furan rings is 2. The average Bonchev–Trinajstić information content (AvgIpc) is 3.70. The van der Waals surface area contributed by atoms with Gasteiger partial charge in [0.2, 0.25) is 0 Å². The van der Waals surface area contributed by atoms with E-state index in [1.54, 1.807) is 0 Å². The molecule has 3 aromatic heterocycles. The molecule has 1 fully saturated rings. The molecule has 37 heavy (non-hydrogen) atoms. The third kappa shape index (κ3) is 3.10. The summed E-state index contributed by atoms with van der Waals surface area (Å²) < 4.78 is 13.4. The van der Waals surface area contributed by atoms with Gasteiger partial charge in [0.05, 0.1) is 11.1 Å². The number of hydrogen-bond donors (Lipinski definition) is 0. The van der Waals surface area contributed by atoms with Crippen molar-refractivity contribution in [3.8, 4) is 22.4 Å². The molecule has 0 N–H and O–H groups in total. The molecule has 1 saturated carbocycles. The maximum absolute atomic E-state index is 6.71. The van der Waals surface area contributed by atoms with Crippen molar-refractivity contribution < 1.29 is 8.83 Å². The number of para-hydroxylation sites is 2. The van der Waals surface area contributed by atoms with Gasteiger partial charge in [-0.3, -0.25) is 4.98 Å². The van der Waals surface area contributed by atoms with Crippen molar-refractivity contribution in [1.82, 2.24) is 4.98 Å². The van der Waals surface area contributed by atoms with E-state index < -0.39 is 0 Å². The van der Waals surface area contributed by atoms with Gasteiger partial charge >= 0.3 is 0 Å². The quantitative estimate of drug-likeness (QED) is 0.253. The fraction of sp³-hybridized carbons (Fsp3) is 0.147. The molecule has 0 saturated heterocycles. The van der Waals surface area contributed by atoms with Crippen molar-refractivity contribution in [3.05, 3.63) is 103 Å². The van der Waals surface area contributed by atoms with Crippen LogP contribution in [0, 0.1) is 0 Å². The molecule has 3 heteroatoms. The first-order valence-electron chi connectivity index (χ1n) is 13.2. The molecule has 3 nitrogen and oxygen atoms in total. The monoisotopic (exact) mass is 479 g/mol. The van der Waals surface area contributed by atoms with Crippen molar-refractivity contribution in [3.63, 3.8) is 0 Å². The van der Waals surface area contributed by atoms with Crippen LogP contribution in [0.15, 0.2) is 106 Å². The number of hydrogen-bond acceptors (Lipinski definition) is 3. The lowest BCUT2D eigenvalue weighted by atomic mass is 9.84. The first kappa shape index (κ1) is 20.8. The summed E-state index contributed by atoms with van der Waals surface area (Å²) in [6.45, 7) is 0. The molecule has 4 aromatic carbocycles. The molecular weight excluding hydrogens is 454 g/mol. The number of nitrogens with zero attached hydrogens (tertiary/aromatic N) is 1. The van der Waals surface area contributed by atoms with Gasteiger partial charge in [0.25, 0.3) is 0 Å². The topological polar surface area (TPSA) is 39.2 Å². The van der Waals surface area contributed by atoms with Gasteiger partial charge in [-0.1, -0.05) is 79.6 Å². The molecule has 0 spiro atoms. The van der Waals surface area contributed by atoms with Crippen molar-refractivity contribution in [2.75, 3.05) is 0 Å². The van der Waals surface area contributed by atoms with Crippen molar-refractivity contribution in [2.24, 2.45) is 0 Å². The third-order valence-electron chi connectivity index (χ3n) is 8.07. The lowest BCUT2D eigenvalue weighted by Crippen LogP contribution is -1.99. The van der Waals surface area contributed by atoms with E-state index in [4.69, 9.17) is 13.8 Å². The van der Waals surface area contributed by atoms with Crippen LogP contribution in [0.5, 0.6) is 0 Å². The zero-order valence-corrected chi connectivity index (χ0v) is 20.4. The zero-order valence-electron chi connectivity index (χ0n) is 20.4. The Hall–Kier alpha value is -4.37. The number of pyridine rings is 1. The van der Waals surface area contributed by atoms with Crippen molar-refractivity contribution in [2.45, 2.75) is 31.6 Å². The summed E-state index contributed by atoms with van der Waals surface area (Å²) >= 11 is 0. The highest BCUT2D eigenvalue weighted by Crippen LogP contribution is 2.52. The zero-order chi connectivity index (χ0) is 24.3. The number of rotatable bonds is 3. The minimum absolute atomic E-state index is 0.462. The van der Waals surface area contributed by atoms with E-state index in [1.807, 2.05) is 18.3 Å². The summed E-state index contributed by atoms with van der Waals surface area (Å²) in [5.41, 5.74) is 9.47. The Morgan fingerprint density at radius 2 is 1.27 bits per heavy atom. The van der Waals surface area contributed by atoms with Crippen LogP contribution in [-0.2, 0) is 0 Å². The summed E-state index contributed by atoms with van der Waals surface area (Å²) in [5.74, 6) is 0.462. The SMILES string of the molecule is c1ccc(-c2cc(-c3c(C4CCCC4)c4c5ccccc5oc4c4c3oc3ccccc34)ccn2)cc1. The summed E-state index contributed by atoms with van der Waals surface area (Å²) in [7, 11) is 0. The number of fused-ring (bicyclic) bond motifs is 7. The fourth-order valence-electron chi connectivity index (χ4n) is 6.45. The van der Waals surface area contributed by atoms with Gasteiger partial charge in [-0.25, -0.2) is 0 Å². The smallest absolute Gasteiger partial charge is 0.147 e. The average molecular weight is 480 g/mol.